The molecule has 38 heavy (non-hydrogen) atoms. The molecule has 1 fully saturated rings. The number of carbonyl (C=O) groups excluding carboxylic acids is 1. The highest BCUT2D eigenvalue weighted by atomic mass is 35.5. The predicted molar refractivity (Wildman–Crippen MR) is 138 cm³/mol. The number of nitrogens with zero attached hydrogens (tertiary/aromatic N) is 5. The lowest BCUT2D eigenvalue weighted by atomic mass is 10.0. The number of alkyl halides is 3. The Morgan fingerprint density at radius 3 is 2.58 bits per heavy atom. The summed E-state index contributed by atoms with van der Waals surface area (Å²) in [6.07, 6.45) is -3.62. The van der Waals surface area contributed by atoms with Crippen molar-refractivity contribution >= 4 is 45.7 Å². The van der Waals surface area contributed by atoms with Crippen LogP contribution in [0.4, 0.5) is 24.8 Å². The SMILES string of the molecule is CNC(=O)c1nc(Cl)ccc1N[C@H](C)c1cc(C)cc2c1nc(N1CCOCC1)n1cc(C(F)(F)F)nc21. The van der Waals surface area contributed by atoms with Crippen LogP contribution in [0.1, 0.15) is 40.3 Å². The minimum atomic E-state index is -4.61. The molecule has 0 saturated carbocycles. The number of ether oxygens (including phenoxy) is 1. The van der Waals surface area contributed by atoms with Crippen molar-refractivity contribution in [3.05, 3.63) is 58.1 Å². The van der Waals surface area contributed by atoms with Gasteiger partial charge in [-0.25, -0.2) is 15.0 Å². The number of hydrogen-bond donors (Lipinski definition) is 2. The van der Waals surface area contributed by atoms with Crippen LogP contribution in [0.25, 0.3) is 16.6 Å². The first-order valence-electron chi connectivity index (χ1n) is 11.9. The van der Waals surface area contributed by atoms with Gasteiger partial charge in [-0.1, -0.05) is 17.7 Å². The van der Waals surface area contributed by atoms with Crippen LogP contribution in [-0.4, -0.2) is 58.6 Å². The zero-order chi connectivity index (χ0) is 27.2. The molecule has 200 valence electrons. The number of carbonyl (C=O) groups is 1. The van der Waals surface area contributed by atoms with E-state index in [4.69, 9.17) is 21.3 Å². The summed E-state index contributed by atoms with van der Waals surface area (Å²) in [4.78, 5) is 27.3. The van der Waals surface area contributed by atoms with E-state index in [9.17, 15) is 18.0 Å². The van der Waals surface area contributed by atoms with Gasteiger partial charge in [0.25, 0.3) is 5.91 Å². The predicted octanol–water partition coefficient (Wildman–Crippen LogP) is 4.63. The smallest absolute Gasteiger partial charge is 0.378 e. The zero-order valence-electron chi connectivity index (χ0n) is 20.9. The number of anilines is 2. The Hall–Kier alpha value is -3.64. The molecule has 1 aliphatic heterocycles. The minimum Gasteiger partial charge on any atom is -0.378 e. The first-order valence-corrected chi connectivity index (χ1v) is 12.3. The van der Waals surface area contributed by atoms with Crippen LogP contribution in [0.5, 0.6) is 0 Å². The molecule has 1 saturated heterocycles. The molecule has 0 bridgehead atoms. The maximum atomic E-state index is 13.7. The minimum absolute atomic E-state index is 0.122. The van der Waals surface area contributed by atoms with E-state index in [2.05, 4.69) is 20.6 Å². The quantitative estimate of drug-likeness (QED) is 0.352. The second-order valence-corrected chi connectivity index (χ2v) is 9.44. The van der Waals surface area contributed by atoms with Crippen molar-refractivity contribution in [1.29, 1.82) is 0 Å². The lowest BCUT2D eigenvalue weighted by molar-refractivity contribution is -0.140. The summed E-state index contributed by atoms with van der Waals surface area (Å²) in [5.74, 6) is -0.0573. The van der Waals surface area contributed by atoms with Crippen LogP contribution in [0, 0.1) is 6.92 Å². The maximum Gasteiger partial charge on any atom is 0.434 e. The molecule has 4 heterocycles. The lowest BCUT2D eigenvalue weighted by Crippen LogP contribution is -2.38. The average Bonchev–Trinajstić information content (AvgIpc) is 3.35. The normalized spacial score (nSPS) is 15.2. The number of pyridine rings is 1. The highest BCUT2D eigenvalue weighted by Gasteiger charge is 2.35. The fourth-order valence-corrected chi connectivity index (χ4v) is 4.73. The molecule has 5 rings (SSSR count). The highest BCUT2D eigenvalue weighted by molar-refractivity contribution is 6.29. The van der Waals surface area contributed by atoms with Gasteiger partial charge in [-0.15, -0.1) is 0 Å². The number of aromatic nitrogens is 4. The Balaban J connectivity index is 1.69. The second kappa shape index (κ2) is 9.91. The monoisotopic (exact) mass is 547 g/mol. The van der Waals surface area contributed by atoms with Gasteiger partial charge in [0.1, 0.15) is 10.8 Å². The van der Waals surface area contributed by atoms with Gasteiger partial charge in [-0.2, -0.15) is 13.2 Å². The number of nitrogens with one attached hydrogen (secondary N) is 2. The zero-order valence-corrected chi connectivity index (χ0v) is 21.6. The number of rotatable bonds is 5. The largest absolute Gasteiger partial charge is 0.434 e. The molecule has 13 heteroatoms. The topological polar surface area (TPSA) is 96.7 Å². The third-order valence-electron chi connectivity index (χ3n) is 6.38. The van der Waals surface area contributed by atoms with Gasteiger partial charge in [-0.05, 0) is 37.6 Å². The number of aryl methyl sites for hydroxylation is 1. The molecule has 0 unspecified atom stereocenters. The molecule has 1 amide bonds. The molecule has 2 N–H and O–H groups in total. The Labute approximate surface area is 221 Å². The van der Waals surface area contributed by atoms with Crippen molar-refractivity contribution in [2.45, 2.75) is 26.1 Å². The van der Waals surface area contributed by atoms with Crippen LogP contribution >= 0.6 is 11.6 Å². The number of amides is 1. The van der Waals surface area contributed by atoms with Crippen molar-refractivity contribution in [2.24, 2.45) is 0 Å². The molecule has 4 aromatic rings. The van der Waals surface area contributed by atoms with E-state index in [1.807, 2.05) is 24.8 Å². The van der Waals surface area contributed by atoms with Crippen LogP contribution < -0.4 is 15.5 Å². The van der Waals surface area contributed by atoms with Gasteiger partial charge in [0, 0.05) is 37.3 Å². The Morgan fingerprint density at radius 1 is 1.16 bits per heavy atom. The van der Waals surface area contributed by atoms with Gasteiger partial charge < -0.3 is 20.3 Å². The van der Waals surface area contributed by atoms with Crippen LogP contribution in [0.3, 0.4) is 0 Å². The molecule has 0 aliphatic carbocycles. The van der Waals surface area contributed by atoms with Crippen LogP contribution in [-0.2, 0) is 10.9 Å². The summed E-state index contributed by atoms with van der Waals surface area (Å²) >= 11 is 6.02. The number of halogens is 4. The van der Waals surface area contributed by atoms with Gasteiger partial charge >= 0.3 is 6.18 Å². The van der Waals surface area contributed by atoms with Crippen molar-refractivity contribution in [1.82, 2.24) is 24.7 Å². The Morgan fingerprint density at radius 2 is 1.89 bits per heavy atom. The lowest BCUT2D eigenvalue weighted by Gasteiger charge is -2.29. The number of benzene rings is 1. The van der Waals surface area contributed by atoms with Crippen molar-refractivity contribution in [2.75, 3.05) is 43.6 Å². The van der Waals surface area contributed by atoms with Crippen molar-refractivity contribution < 1.29 is 22.7 Å². The third kappa shape index (κ3) is 4.81. The van der Waals surface area contributed by atoms with E-state index in [0.717, 1.165) is 17.3 Å². The molecule has 1 aliphatic rings. The number of imidazole rings is 1. The molecular weight excluding hydrogens is 523 g/mol. The van der Waals surface area contributed by atoms with Crippen LogP contribution in [0.2, 0.25) is 5.15 Å². The second-order valence-electron chi connectivity index (χ2n) is 9.05. The summed E-state index contributed by atoms with van der Waals surface area (Å²) in [5, 5.41) is 6.51. The van der Waals surface area contributed by atoms with Crippen LogP contribution in [0.15, 0.2) is 30.5 Å². The third-order valence-corrected chi connectivity index (χ3v) is 6.59. The van der Waals surface area contributed by atoms with E-state index < -0.39 is 23.8 Å². The van der Waals surface area contributed by atoms with E-state index in [1.165, 1.54) is 11.4 Å². The maximum absolute atomic E-state index is 13.7. The molecule has 0 radical (unpaired) electrons. The Bertz CT molecular complexity index is 1530. The standard InChI is InChI=1S/C25H25ClF3N7O2/c1-13-10-15(14(2)31-17-4-5-19(26)33-21(17)23(37)30-3)20-16(11-13)22-32-18(25(27,28)29)12-36(22)24(34-20)35-6-8-38-9-7-35/h4-5,10-12,14,31H,6-9H2,1-3H3,(H,30,37)/t14-/m1/s1. The van der Waals surface area contributed by atoms with E-state index >= 15 is 0 Å². The van der Waals surface area contributed by atoms with Crippen molar-refractivity contribution in [3.8, 4) is 0 Å². The summed E-state index contributed by atoms with van der Waals surface area (Å²) in [6.45, 7) is 5.57. The summed E-state index contributed by atoms with van der Waals surface area (Å²) in [7, 11) is 1.49. The number of fused-ring (bicyclic) bond motifs is 3. The van der Waals surface area contributed by atoms with E-state index in [0.29, 0.717) is 48.8 Å². The van der Waals surface area contributed by atoms with Gasteiger partial charge in [0.15, 0.2) is 11.4 Å². The molecule has 1 aromatic carbocycles. The number of morpholine rings is 1. The Kier molecular flexibility index (Phi) is 6.78. The molecular formula is C25H25ClF3N7O2. The summed E-state index contributed by atoms with van der Waals surface area (Å²) in [5.41, 5.74) is 1.81. The average molecular weight is 548 g/mol. The molecule has 0 spiro atoms. The molecule has 9 nitrogen and oxygen atoms in total. The first kappa shape index (κ1) is 26.0. The molecule has 3 aromatic heterocycles. The summed E-state index contributed by atoms with van der Waals surface area (Å²) < 4.78 is 48.0. The highest BCUT2D eigenvalue weighted by Crippen LogP contribution is 2.35. The molecule has 1 atom stereocenters. The van der Waals surface area contributed by atoms with E-state index in [1.54, 1.807) is 18.2 Å². The summed E-state index contributed by atoms with van der Waals surface area (Å²) in [6, 6.07) is 6.52. The first-order chi connectivity index (χ1) is 18.1. The fraction of sp³-hybridized carbons (Fsp3) is 0.360. The van der Waals surface area contributed by atoms with Gasteiger partial charge in [0.2, 0.25) is 5.95 Å². The van der Waals surface area contributed by atoms with Gasteiger partial charge in [0.05, 0.1) is 30.5 Å². The van der Waals surface area contributed by atoms with Gasteiger partial charge in [-0.3, -0.25) is 9.20 Å². The fourth-order valence-electron chi connectivity index (χ4n) is 4.59. The number of hydrogen-bond acceptors (Lipinski definition) is 7. The van der Waals surface area contributed by atoms with E-state index in [-0.39, 0.29) is 16.5 Å². The van der Waals surface area contributed by atoms with Crippen molar-refractivity contribution in [3.63, 3.8) is 0 Å².